The third-order valence-electron chi connectivity index (χ3n) is 2.60. The second-order valence-electron chi connectivity index (χ2n) is 4.07. The molecule has 0 aliphatic heterocycles. The lowest BCUT2D eigenvalue weighted by Crippen LogP contribution is -2.05. The Balaban J connectivity index is 2.08. The number of nitrogens with one attached hydrogen (secondary N) is 2. The van der Waals surface area contributed by atoms with Crippen molar-refractivity contribution in [3.63, 3.8) is 0 Å². The van der Waals surface area contributed by atoms with Crippen molar-refractivity contribution in [2.24, 2.45) is 5.10 Å². The molecule has 0 spiro atoms. The largest absolute Gasteiger partial charge is 0.462 e. The molecule has 104 valence electrons. The molecule has 1 aromatic carbocycles. The third kappa shape index (κ3) is 3.44. The molecule has 6 nitrogen and oxygen atoms in total. The van der Waals surface area contributed by atoms with E-state index in [9.17, 15) is 4.79 Å². The molecule has 0 radical (unpaired) electrons. The maximum atomic E-state index is 11.6. The lowest BCUT2D eigenvalue weighted by molar-refractivity contribution is 0.0526. The van der Waals surface area contributed by atoms with Gasteiger partial charge in [-0.2, -0.15) is 10.2 Å². The Morgan fingerprint density at radius 1 is 1.45 bits per heavy atom. The van der Waals surface area contributed by atoms with E-state index < -0.39 is 0 Å². The number of nitrogens with zero attached hydrogens (tertiary/aromatic N) is 2. The van der Waals surface area contributed by atoms with Gasteiger partial charge in [0.1, 0.15) is 5.69 Å². The van der Waals surface area contributed by atoms with Crippen LogP contribution in [0.1, 0.15) is 29.9 Å². The minimum absolute atomic E-state index is 0.343. The van der Waals surface area contributed by atoms with E-state index in [0.29, 0.717) is 17.9 Å². The molecule has 0 saturated carbocycles. The highest BCUT2D eigenvalue weighted by Gasteiger charge is 2.06. The lowest BCUT2D eigenvalue weighted by Gasteiger charge is -2.05. The maximum Gasteiger partial charge on any atom is 0.338 e. The SMILES string of the molecule is CCOC(=O)c1cccc(N/N=C(\C)c2cc[nH]n2)c1. The van der Waals surface area contributed by atoms with E-state index in [1.54, 1.807) is 31.3 Å². The van der Waals surface area contributed by atoms with Crippen molar-refractivity contribution in [1.82, 2.24) is 10.2 Å². The second-order valence-corrected chi connectivity index (χ2v) is 4.07. The highest BCUT2D eigenvalue weighted by molar-refractivity contribution is 5.97. The number of hydrogen-bond donors (Lipinski definition) is 2. The summed E-state index contributed by atoms with van der Waals surface area (Å²) < 4.78 is 4.95. The standard InChI is InChI=1S/C14H16N4O2/c1-3-20-14(19)11-5-4-6-12(9-11)17-16-10(2)13-7-8-15-18-13/h4-9,17H,3H2,1-2H3,(H,15,18)/b16-10+. The van der Waals surface area contributed by atoms with Crippen LogP contribution in [0.2, 0.25) is 0 Å². The fraction of sp³-hybridized carbons (Fsp3) is 0.214. The molecule has 0 saturated heterocycles. The van der Waals surface area contributed by atoms with Gasteiger partial charge in [0.05, 0.1) is 23.6 Å². The van der Waals surface area contributed by atoms with Crippen molar-refractivity contribution in [3.8, 4) is 0 Å². The molecule has 20 heavy (non-hydrogen) atoms. The first-order valence-corrected chi connectivity index (χ1v) is 6.28. The van der Waals surface area contributed by atoms with E-state index in [-0.39, 0.29) is 5.97 Å². The van der Waals surface area contributed by atoms with Crippen LogP contribution in [0, 0.1) is 0 Å². The summed E-state index contributed by atoms with van der Waals surface area (Å²) in [6.45, 7) is 3.98. The van der Waals surface area contributed by atoms with Crippen LogP contribution in [0.25, 0.3) is 0 Å². The van der Waals surface area contributed by atoms with Crippen molar-refractivity contribution in [2.45, 2.75) is 13.8 Å². The van der Waals surface area contributed by atoms with Gasteiger partial charge < -0.3 is 4.74 Å². The fourth-order valence-electron chi connectivity index (χ4n) is 1.60. The third-order valence-corrected chi connectivity index (χ3v) is 2.60. The van der Waals surface area contributed by atoms with Gasteiger partial charge in [-0.3, -0.25) is 10.5 Å². The van der Waals surface area contributed by atoms with Crippen LogP contribution in [0.15, 0.2) is 41.6 Å². The molecule has 0 bridgehead atoms. The van der Waals surface area contributed by atoms with Crippen LogP contribution >= 0.6 is 0 Å². The van der Waals surface area contributed by atoms with Crippen LogP contribution in [0.4, 0.5) is 5.69 Å². The number of hydrogen-bond acceptors (Lipinski definition) is 5. The number of hydrazone groups is 1. The first kappa shape index (κ1) is 13.8. The summed E-state index contributed by atoms with van der Waals surface area (Å²) in [5.74, 6) is -0.343. The number of rotatable bonds is 5. The molecule has 2 aromatic rings. The summed E-state index contributed by atoms with van der Waals surface area (Å²) in [7, 11) is 0. The minimum atomic E-state index is -0.343. The molecule has 2 rings (SSSR count). The number of carbonyl (C=O) groups is 1. The zero-order chi connectivity index (χ0) is 14.4. The van der Waals surface area contributed by atoms with Gasteiger partial charge in [-0.15, -0.1) is 0 Å². The summed E-state index contributed by atoms with van der Waals surface area (Å²) in [5.41, 5.74) is 5.61. The molecule has 0 amide bonds. The Bertz CT molecular complexity index is 605. The molecule has 0 atom stereocenters. The predicted molar refractivity (Wildman–Crippen MR) is 76.8 cm³/mol. The van der Waals surface area contributed by atoms with Crippen LogP contribution in [0.5, 0.6) is 0 Å². The fourth-order valence-corrected chi connectivity index (χ4v) is 1.60. The van der Waals surface area contributed by atoms with Gasteiger partial charge in [-0.05, 0) is 38.1 Å². The van der Waals surface area contributed by atoms with Crippen molar-refractivity contribution in [1.29, 1.82) is 0 Å². The first-order chi connectivity index (χ1) is 9.70. The zero-order valence-corrected chi connectivity index (χ0v) is 11.4. The number of carbonyl (C=O) groups excluding carboxylic acids is 1. The van der Waals surface area contributed by atoms with Crippen molar-refractivity contribution in [3.05, 3.63) is 47.8 Å². The first-order valence-electron chi connectivity index (χ1n) is 6.28. The number of anilines is 1. The van der Waals surface area contributed by atoms with Gasteiger partial charge in [0.25, 0.3) is 0 Å². The van der Waals surface area contributed by atoms with Gasteiger partial charge in [-0.1, -0.05) is 6.07 Å². The molecule has 0 aliphatic carbocycles. The second kappa shape index (κ2) is 6.51. The Morgan fingerprint density at radius 3 is 3.00 bits per heavy atom. The van der Waals surface area contributed by atoms with Crippen molar-refractivity contribution >= 4 is 17.4 Å². The van der Waals surface area contributed by atoms with Gasteiger partial charge in [0.15, 0.2) is 0 Å². The number of H-pyrrole nitrogens is 1. The van der Waals surface area contributed by atoms with Gasteiger partial charge >= 0.3 is 5.97 Å². The van der Waals surface area contributed by atoms with Crippen LogP contribution < -0.4 is 5.43 Å². The summed E-state index contributed by atoms with van der Waals surface area (Å²) in [6, 6.07) is 8.82. The van der Waals surface area contributed by atoms with Crippen LogP contribution in [0.3, 0.4) is 0 Å². The van der Waals surface area contributed by atoms with E-state index in [2.05, 4.69) is 20.7 Å². The number of ether oxygens (including phenoxy) is 1. The molecule has 2 N–H and O–H groups in total. The van der Waals surface area contributed by atoms with Crippen molar-refractivity contribution in [2.75, 3.05) is 12.0 Å². The summed E-state index contributed by atoms with van der Waals surface area (Å²) >= 11 is 0. The molecular formula is C14H16N4O2. The van der Waals surface area contributed by atoms with E-state index in [0.717, 1.165) is 11.4 Å². The number of aromatic amines is 1. The smallest absolute Gasteiger partial charge is 0.338 e. The quantitative estimate of drug-likeness (QED) is 0.497. The Kier molecular flexibility index (Phi) is 4.49. The van der Waals surface area contributed by atoms with Crippen LogP contribution in [-0.4, -0.2) is 28.5 Å². The monoisotopic (exact) mass is 272 g/mol. The lowest BCUT2D eigenvalue weighted by atomic mass is 10.2. The average molecular weight is 272 g/mol. The van der Waals surface area contributed by atoms with E-state index in [1.807, 2.05) is 19.1 Å². The molecule has 6 heteroatoms. The predicted octanol–water partition coefficient (Wildman–Crippen LogP) is 2.42. The maximum absolute atomic E-state index is 11.6. The highest BCUT2D eigenvalue weighted by atomic mass is 16.5. The summed E-state index contributed by atoms with van der Waals surface area (Å²) in [5, 5.41) is 11.0. The highest BCUT2D eigenvalue weighted by Crippen LogP contribution is 2.12. The molecule has 1 aromatic heterocycles. The normalized spacial score (nSPS) is 11.2. The van der Waals surface area contributed by atoms with Gasteiger partial charge in [0, 0.05) is 6.20 Å². The molecule has 1 heterocycles. The zero-order valence-electron chi connectivity index (χ0n) is 11.4. The number of aromatic nitrogens is 2. The van der Waals surface area contributed by atoms with E-state index in [1.165, 1.54) is 0 Å². The summed E-state index contributed by atoms with van der Waals surface area (Å²) in [4.78, 5) is 11.6. The molecule has 0 aliphatic rings. The van der Waals surface area contributed by atoms with E-state index >= 15 is 0 Å². The molecule has 0 fully saturated rings. The molecular weight excluding hydrogens is 256 g/mol. The summed E-state index contributed by atoms with van der Waals surface area (Å²) in [6.07, 6.45) is 1.73. The number of benzene rings is 1. The Morgan fingerprint density at radius 2 is 2.30 bits per heavy atom. The topological polar surface area (TPSA) is 79.4 Å². The Hall–Kier alpha value is -2.63. The van der Waals surface area contributed by atoms with Gasteiger partial charge in [-0.25, -0.2) is 4.79 Å². The van der Waals surface area contributed by atoms with Crippen LogP contribution in [-0.2, 0) is 4.74 Å². The average Bonchev–Trinajstić information content (AvgIpc) is 2.99. The van der Waals surface area contributed by atoms with Gasteiger partial charge in [0.2, 0.25) is 0 Å². The van der Waals surface area contributed by atoms with E-state index in [4.69, 9.17) is 4.74 Å². The number of esters is 1. The van der Waals surface area contributed by atoms with Crippen molar-refractivity contribution < 1.29 is 9.53 Å². The Labute approximate surface area is 116 Å². The minimum Gasteiger partial charge on any atom is -0.462 e. The molecule has 0 unspecified atom stereocenters.